The molecule has 0 aliphatic heterocycles. The number of carbonyl (C=O) groups is 1. The van der Waals surface area contributed by atoms with Crippen molar-refractivity contribution in [2.24, 2.45) is 0 Å². The zero-order valence-corrected chi connectivity index (χ0v) is 18.5. The van der Waals surface area contributed by atoms with E-state index in [0.717, 1.165) is 27.6 Å². The summed E-state index contributed by atoms with van der Waals surface area (Å²) in [7, 11) is 0. The molecule has 1 N–H and O–H groups in total. The van der Waals surface area contributed by atoms with E-state index >= 15 is 0 Å². The molecule has 4 heterocycles. The van der Waals surface area contributed by atoms with Gasteiger partial charge in [0.15, 0.2) is 5.76 Å². The van der Waals surface area contributed by atoms with E-state index in [1.807, 2.05) is 60.0 Å². The Kier molecular flexibility index (Phi) is 4.97. The number of furan rings is 1. The fraction of sp³-hybridized carbons (Fsp3) is 0. The number of carbonyl (C=O) groups excluding carboxylic acids is 1. The molecule has 6 aromatic rings. The van der Waals surface area contributed by atoms with E-state index in [4.69, 9.17) is 13.8 Å². The highest BCUT2D eigenvalue weighted by Crippen LogP contribution is 2.30. The molecule has 0 unspecified atom stereocenters. The molecule has 2 aromatic carbocycles. The van der Waals surface area contributed by atoms with E-state index in [0.29, 0.717) is 17.0 Å². The Morgan fingerprint density at radius 1 is 0.882 bits per heavy atom. The average molecular weight is 465 g/mol. The Morgan fingerprint density at radius 2 is 1.79 bits per heavy atom. The van der Waals surface area contributed by atoms with Crippen LogP contribution in [0.1, 0.15) is 10.4 Å². The molecular weight excluding hydrogens is 448 g/mol. The first-order valence-electron chi connectivity index (χ1n) is 10.5. The fourth-order valence-electron chi connectivity index (χ4n) is 3.71. The Morgan fingerprint density at radius 3 is 2.59 bits per heavy atom. The second-order valence-electron chi connectivity index (χ2n) is 7.51. The van der Waals surface area contributed by atoms with Crippen LogP contribution in [0, 0.1) is 0 Å². The highest BCUT2D eigenvalue weighted by atomic mass is 32.1. The van der Waals surface area contributed by atoms with Gasteiger partial charge in [-0.1, -0.05) is 41.5 Å². The molecule has 0 aliphatic carbocycles. The van der Waals surface area contributed by atoms with Crippen LogP contribution in [-0.2, 0) is 0 Å². The van der Waals surface area contributed by atoms with E-state index in [1.165, 1.54) is 6.26 Å². The maximum Gasteiger partial charge on any atom is 0.322 e. The topological polar surface area (TPSA) is 94.1 Å². The van der Waals surface area contributed by atoms with Crippen molar-refractivity contribution in [2.75, 3.05) is 5.32 Å². The van der Waals surface area contributed by atoms with Gasteiger partial charge in [0.05, 0.1) is 23.0 Å². The molecule has 7 nitrogen and oxygen atoms in total. The summed E-state index contributed by atoms with van der Waals surface area (Å²) in [6, 6.07) is 23.0. The van der Waals surface area contributed by atoms with Crippen molar-refractivity contribution in [3.63, 3.8) is 0 Å². The van der Waals surface area contributed by atoms with E-state index in [1.54, 1.807) is 23.5 Å². The highest BCUT2D eigenvalue weighted by molar-refractivity contribution is 7.08. The molecule has 0 saturated heterocycles. The summed E-state index contributed by atoms with van der Waals surface area (Å²) < 4.78 is 10.8. The third-order valence-electron chi connectivity index (χ3n) is 5.34. The second-order valence-corrected chi connectivity index (χ2v) is 8.29. The smallest absolute Gasteiger partial charge is 0.322 e. The van der Waals surface area contributed by atoms with Crippen LogP contribution in [0.25, 0.3) is 44.9 Å². The van der Waals surface area contributed by atoms with Crippen LogP contribution in [0.4, 0.5) is 6.01 Å². The molecule has 0 bridgehead atoms. The van der Waals surface area contributed by atoms with Gasteiger partial charge in [-0.15, -0.1) is 5.10 Å². The van der Waals surface area contributed by atoms with Crippen LogP contribution in [0.2, 0.25) is 0 Å². The summed E-state index contributed by atoms with van der Waals surface area (Å²) in [5.74, 6) is 0.204. The number of hydrogen-bond acceptors (Lipinski definition) is 7. The van der Waals surface area contributed by atoms with E-state index in [-0.39, 0.29) is 11.9 Å². The number of thiophene rings is 1. The molecule has 34 heavy (non-hydrogen) atoms. The van der Waals surface area contributed by atoms with Crippen molar-refractivity contribution in [1.82, 2.24) is 15.2 Å². The number of nitrogens with zero attached hydrogens (tertiary/aromatic N) is 3. The van der Waals surface area contributed by atoms with E-state index in [9.17, 15) is 4.79 Å². The molecule has 1 amide bonds. The highest BCUT2D eigenvalue weighted by Gasteiger charge is 2.19. The monoisotopic (exact) mass is 464 g/mol. The predicted molar refractivity (Wildman–Crippen MR) is 130 cm³/mol. The van der Waals surface area contributed by atoms with Gasteiger partial charge in [-0.25, -0.2) is 4.98 Å². The minimum absolute atomic E-state index is 0.0254. The van der Waals surface area contributed by atoms with Gasteiger partial charge in [0.1, 0.15) is 0 Å². The summed E-state index contributed by atoms with van der Waals surface area (Å²) in [5.41, 5.74) is 4.79. The van der Waals surface area contributed by atoms with Crippen molar-refractivity contribution in [2.45, 2.75) is 0 Å². The lowest BCUT2D eigenvalue weighted by atomic mass is 10.0. The number of aromatic nitrogens is 3. The summed E-state index contributed by atoms with van der Waals surface area (Å²) in [6.07, 6.45) is 1.51. The number of fused-ring (bicyclic) bond motifs is 1. The molecule has 0 spiro atoms. The average Bonchev–Trinajstić information content (AvgIpc) is 3.66. The molecule has 0 atom stereocenters. The number of nitrogens with one attached hydrogen (secondary N) is 1. The zero-order chi connectivity index (χ0) is 22.9. The minimum Gasteiger partial charge on any atom is -0.459 e. The van der Waals surface area contributed by atoms with Gasteiger partial charge in [-0.05, 0) is 58.3 Å². The van der Waals surface area contributed by atoms with Gasteiger partial charge >= 0.3 is 6.01 Å². The van der Waals surface area contributed by atoms with Crippen LogP contribution in [0.15, 0.2) is 98.7 Å². The first kappa shape index (κ1) is 20.1. The molecule has 8 heteroatoms. The molecule has 0 fully saturated rings. The van der Waals surface area contributed by atoms with Crippen LogP contribution >= 0.6 is 11.3 Å². The van der Waals surface area contributed by atoms with Gasteiger partial charge in [0.25, 0.3) is 11.8 Å². The Hall–Kier alpha value is -4.56. The van der Waals surface area contributed by atoms with Crippen molar-refractivity contribution in [3.05, 3.63) is 95.4 Å². The third-order valence-corrected chi connectivity index (χ3v) is 6.02. The lowest BCUT2D eigenvalue weighted by Crippen LogP contribution is -2.14. The largest absolute Gasteiger partial charge is 0.459 e. The van der Waals surface area contributed by atoms with Crippen molar-refractivity contribution in [3.8, 4) is 34.0 Å². The normalized spacial score (nSPS) is 11.1. The molecule has 0 saturated carbocycles. The Bertz CT molecular complexity index is 1590. The Balaban J connectivity index is 1.42. The van der Waals surface area contributed by atoms with Crippen LogP contribution < -0.4 is 5.32 Å². The van der Waals surface area contributed by atoms with Crippen LogP contribution in [0.3, 0.4) is 0 Å². The van der Waals surface area contributed by atoms with Crippen molar-refractivity contribution >= 4 is 34.2 Å². The number of hydrogen-bond donors (Lipinski definition) is 1. The summed E-state index contributed by atoms with van der Waals surface area (Å²) in [4.78, 5) is 18.2. The van der Waals surface area contributed by atoms with Gasteiger partial charge in [-0.2, -0.15) is 11.3 Å². The number of pyridine rings is 1. The number of rotatable bonds is 5. The third kappa shape index (κ3) is 3.76. The van der Waals surface area contributed by atoms with Gasteiger partial charge in [0, 0.05) is 10.9 Å². The van der Waals surface area contributed by atoms with Crippen LogP contribution in [0.5, 0.6) is 0 Å². The maximum atomic E-state index is 13.4. The van der Waals surface area contributed by atoms with E-state index in [2.05, 4.69) is 27.0 Å². The maximum absolute atomic E-state index is 13.4. The zero-order valence-electron chi connectivity index (χ0n) is 17.6. The lowest BCUT2D eigenvalue weighted by Gasteiger charge is -2.11. The summed E-state index contributed by atoms with van der Waals surface area (Å²) in [5, 5.41) is 15.5. The van der Waals surface area contributed by atoms with Gasteiger partial charge in [-0.3, -0.25) is 10.1 Å². The van der Waals surface area contributed by atoms with E-state index < -0.39 is 5.91 Å². The summed E-state index contributed by atoms with van der Waals surface area (Å²) in [6.45, 7) is 0. The molecule has 0 aliphatic rings. The molecule has 164 valence electrons. The number of amides is 1. The van der Waals surface area contributed by atoms with Crippen molar-refractivity contribution in [1.29, 1.82) is 0 Å². The molecule has 6 rings (SSSR count). The Labute approximate surface area is 197 Å². The standard InChI is InChI=1S/C26H16N4O3S/c31-24(28-26-30-29-25(33-26)22-7-4-11-32-22)20-14-19-13-17(18-10-12-34-15-18)8-9-21(19)27-23(20)16-5-2-1-3-6-16/h1-15H,(H,28,30,31). The molecule has 0 radical (unpaired) electrons. The number of benzene rings is 2. The molecule has 4 aromatic heterocycles. The first-order chi connectivity index (χ1) is 16.7. The number of anilines is 1. The van der Waals surface area contributed by atoms with Crippen molar-refractivity contribution < 1.29 is 13.6 Å². The minimum atomic E-state index is -0.399. The lowest BCUT2D eigenvalue weighted by molar-refractivity contribution is 0.102. The van der Waals surface area contributed by atoms with Gasteiger partial charge in [0.2, 0.25) is 0 Å². The van der Waals surface area contributed by atoms with Gasteiger partial charge < -0.3 is 8.83 Å². The van der Waals surface area contributed by atoms with Crippen LogP contribution in [-0.4, -0.2) is 21.1 Å². The quantitative estimate of drug-likeness (QED) is 0.312. The first-order valence-corrected chi connectivity index (χ1v) is 11.4. The predicted octanol–water partition coefficient (Wildman–Crippen LogP) is 6.53. The summed E-state index contributed by atoms with van der Waals surface area (Å²) >= 11 is 1.64. The SMILES string of the molecule is O=C(Nc1nnc(-c2ccco2)o1)c1cc2cc(-c3ccsc3)ccc2nc1-c1ccccc1. The fourth-order valence-corrected chi connectivity index (χ4v) is 4.38. The second kappa shape index (κ2) is 8.42. The molecular formula is C26H16N4O3S.